The molecule has 0 radical (unpaired) electrons. The Morgan fingerprint density at radius 1 is 1.30 bits per heavy atom. The fourth-order valence-corrected chi connectivity index (χ4v) is 4.32. The van der Waals surface area contributed by atoms with Crippen LogP contribution >= 0.6 is 34.9 Å². The highest BCUT2D eigenvalue weighted by molar-refractivity contribution is 9.10. The van der Waals surface area contributed by atoms with Gasteiger partial charge in [0.1, 0.15) is 0 Å². The summed E-state index contributed by atoms with van der Waals surface area (Å²) in [7, 11) is -3.20. The minimum absolute atomic E-state index is 0.129. The highest BCUT2D eigenvalue weighted by atomic mass is 79.9. The predicted octanol–water partition coefficient (Wildman–Crippen LogP) is 4.66. The molecular weight excluding hydrogens is 365 g/mol. The van der Waals surface area contributed by atoms with Crippen LogP contribution in [0, 0.1) is 0 Å². The number of nitrogens with zero attached hydrogens (tertiary/aromatic N) is 1. The summed E-state index contributed by atoms with van der Waals surface area (Å²) in [4.78, 5) is 4.32. The number of fused-ring (bicyclic) bond motifs is 1. The Labute approximate surface area is 129 Å². The molecule has 0 amide bonds. The Balaban J connectivity index is 2.09. The van der Waals surface area contributed by atoms with E-state index < -0.39 is 7.60 Å². The quantitative estimate of drug-likeness (QED) is 0.654. The Bertz CT molecular complexity index is 623. The van der Waals surface area contributed by atoms with Crippen molar-refractivity contribution in [3.63, 3.8) is 0 Å². The number of benzene rings is 1. The standard InChI is InChI=1S/C12H15BrNO4PS/c1-3-17-19(15,18-4-2)8-16-12-14-10-6-5-9(13)7-11(10)20-12/h5-7H,3-4,8H2,1-2H3. The van der Waals surface area contributed by atoms with Gasteiger partial charge in [-0.15, -0.1) is 0 Å². The lowest BCUT2D eigenvalue weighted by Gasteiger charge is -2.16. The molecule has 5 nitrogen and oxygen atoms in total. The van der Waals surface area contributed by atoms with E-state index in [-0.39, 0.29) is 6.35 Å². The van der Waals surface area contributed by atoms with Gasteiger partial charge in [-0.2, -0.15) is 0 Å². The minimum atomic E-state index is -3.20. The largest absolute Gasteiger partial charge is 0.457 e. The molecule has 0 N–H and O–H groups in total. The molecule has 8 heteroatoms. The molecule has 0 bridgehead atoms. The lowest BCUT2D eigenvalue weighted by atomic mass is 10.3. The zero-order valence-electron chi connectivity index (χ0n) is 11.2. The maximum absolute atomic E-state index is 12.3. The Morgan fingerprint density at radius 2 is 2.00 bits per heavy atom. The normalized spacial score (nSPS) is 11.9. The molecule has 1 aromatic heterocycles. The summed E-state index contributed by atoms with van der Waals surface area (Å²) >= 11 is 4.80. The smallest absolute Gasteiger partial charge is 0.367 e. The Hall–Kier alpha value is -0.460. The second-order valence-electron chi connectivity index (χ2n) is 3.81. The van der Waals surface area contributed by atoms with E-state index >= 15 is 0 Å². The Kier molecular flexibility index (Phi) is 5.57. The topological polar surface area (TPSA) is 57.7 Å². The highest BCUT2D eigenvalue weighted by Gasteiger charge is 2.25. The zero-order chi connectivity index (χ0) is 14.6. The van der Waals surface area contributed by atoms with Crippen LogP contribution in [0.1, 0.15) is 13.8 Å². The van der Waals surface area contributed by atoms with Gasteiger partial charge in [0.2, 0.25) is 0 Å². The van der Waals surface area contributed by atoms with E-state index in [1.165, 1.54) is 11.3 Å². The molecule has 0 fully saturated rings. The van der Waals surface area contributed by atoms with Crippen LogP contribution in [0.2, 0.25) is 0 Å². The summed E-state index contributed by atoms with van der Waals surface area (Å²) in [6, 6.07) is 5.77. The Morgan fingerprint density at radius 3 is 2.65 bits per heavy atom. The van der Waals surface area contributed by atoms with Crippen molar-refractivity contribution in [3.05, 3.63) is 22.7 Å². The molecule has 0 saturated carbocycles. The molecule has 0 spiro atoms. The molecular formula is C12H15BrNO4PS. The summed E-state index contributed by atoms with van der Waals surface area (Å²) in [5.74, 6) is 0. The van der Waals surface area contributed by atoms with E-state index in [0.29, 0.717) is 18.4 Å². The van der Waals surface area contributed by atoms with E-state index in [4.69, 9.17) is 13.8 Å². The van der Waals surface area contributed by atoms with Crippen LogP contribution in [0.5, 0.6) is 5.19 Å². The monoisotopic (exact) mass is 379 g/mol. The van der Waals surface area contributed by atoms with Crippen LogP contribution in [0.25, 0.3) is 10.2 Å². The van der Waals surface area contributed by atoms with Gasteiger partial charge in [0.25, 0.3) is 5.19 Å². The molecule has 20 heavy (non-hydrogen) atoms. The highest BCUT2D eigenvalue weighted by Crippen LogP contribution is 2.48. The van der Waals surface area contributed by atoms with Crippen molar-refractivity contribution >= 4 is 45.1 Å². The van der Waals surface area contributed by atoms with Gasteiger partial charge in [-0.25, -0.2) is 4.98 Å². The number of thiazole rings is 1. The van der Waals surface area contributed by atoms with Crippen LogP contribution < -0.4 is 4.74 Å². The third-order valence-corrected chi connectivity index (χ3v) is 5.50. The lowest BCUT2D eigenvalue weighted by molar-refractivity contribution is 0.197. The van der Waals surface area contributed by atoms with Gasteiger partial charge in [-0.1, -0.05) is 27.3 Å². The molecule has 110 valence electrons. The van der Waals surface area contributed by atoms with E-state index in [9.17, 15) is 4.57 Å². The molecule has 0 aliphatic heterocycles. The second-order valence-corrected chi connectivity index (χ2v) is 7.72. The third-order valence-electron chi connectivity index (χ3n) is 2.33. The predicted molar refractivity (Wildman–Crippen MR) is 83.7 cm³/mol. The first kappa shape index (κ1) is 15.9. The SMILES string of the molecule is CCOP(=O)(COc1nc2ccc(Br)cc2s1)OCC. The van der Waals surface area contributed by atoms with Crippen LogP contribution in [-0.4, -0.2) is 24.5 Å². The number of hydrogen-bond acceptors (Lipinski definition) is 6. The maximum atomic E-state index is 12.3. The maximum Gasteiger partial charge on any atom is 0.367 e. The zero-order valence-corrected chi connectivity index (χ0v) is 14.5. The van der Waals surface area contributed by atoms with Crippen molar-refractivity contribution in [1.82, 2.24) is 4.98 Å². The number of hydrogen-bond donors (Lipinski definition) is 0. The van der Waals surface area contributed by atoms with E-state index in [1.807, 2.05) is 18.2 Å². The van der Waals surface area contributed by atoms with E-state index in [0.717, 1.165) is 14.7 Å². The first-order valence-electron chi connectivity index (χ1n) is 6.13. The van der Waals surface area contributed by atoms with Gasteiger partial charge in [0.15, 0.2) is 6.35 Å². The molecule has 1 aromatic carbocycles. The van der Waals surface area contributed by atoms with Crippen molar-refractivity contribution in [2.45, 2.75) is 13.8 Å². The molecule has 0 unspecified atom stereocenters. The van der Waals surface area contributed by atoms with Crippen LogP contribution in [0.15, 0.2) is 22.7 Å². The number of aromatic nitrogens is 1. The first-order valence-corrected chi connectivity index (χ1v) is 9.47. The summed E-state index contributed by atoms with van der Waals surface area (Å²) in [6.07, 6.45) is -0.129. The summed E-state index contributed by atoms with van der Waals surface area (Å²) in [5.41, 5.74) is 0.843. The lowest BCUT2D eigenvalue weighted by Crippen LogP contribution is -2.05. The summed E-state index contributed by atoms with van der Waals surface area (Å²) < 4.78 is 30.0. The van der Waals surface area contributed by atoms with E-state index in [1.54, 1.807) is 13.8 Å². The van der Waals surface area contributed by atoms with Crippen molar-refractivity contribution < 1.29 is 18.3 Å². The molecule has 0 atom stereocenters. The minimum Gasteiger partial charge on any atom is -0.457 e. The number of ether oxygens (including phenoxy) is 1. The van der Waals surface area contributed by atoms with E-state index in [2.05, 4.69) is 20.9 Å². The number of rotatable bonds is 7. The molecule has 0 aliphatic rings. The van der Waals surface area contributed by atoms with Gasteiger partial charge < -0.3 is 13.8 Å². The van der Waals surface area contributed by atoms with Crippen molar-refractivity contribution in [2.75, 3.05) is 19.6 Å². The van der Waals surface area contributed by atoms with Crippen molar-refractivity contribution in [2.24, 2.45) is 0 Å². The van der Waals surface area contributed by atoms with Gasteiger partial charge in [-0.3, -0.25) is 4.57 Å². The average molecular weight is 380 g/mol. The first-order chi connectivity index (χ1) is 9.56. The van der Waals surface area contributed by atoms with Crippen LogP contribution in [0.4, 0.5) is 0 Å². The van der Waals surface area contributed by atoms with Gasteiger partial charge in [-0.05, 0) is 32.0 Å². The molecule has 0 aliphatic carbocycles. The third kappa shape index (κ3) is 4.02. The molecule has 2 aromatic rings. The average Bonchev–Trinajstić information content (AvgIpc) is 2.79. The molecule has 2 rings (SSSR count). The van der Waals surface area contributed by atoms with Gasteiger partial charge >= 0.3 is 7.60 Å². The molecule has 1 heterocycles. The fourth-order valence-electron chi connectivity index (χ4n) is 1.58. The second kappa shape index (κ2) is 7.00. The summed E-state index contributed by atoms with van der Waals surface area (Å²) in [5, 5.41) is 0.456. The van der Waals surface area contributed by atoms with Crippen molar-refractivity contribution in [1.29, 1.82) is 0 Å². The molecule has 0 saturated heterocycles. The van der Waals surface area contributed by atoms with Gasteiger partial charge in [0.05, 0.1) is 23.4 Å². The van der Waals surface area contributed by atoms with Gasteiger partial charge in [0, 0.05) is 4.47 Å². The van der Waals surface area contributed by atoms with Crippen LogP contribution in [0.3, 0.4) is 0 Å². The summed E-state index contributed by atoms with van der Waals surface area (Å²) in [6.45, 7) is 4.16. The van der Waals surface area contributed by atoms with Crippen LogP contribution in [-0.2, 0) is 13.6 Å². The fraction of sp³-hybridized carbons (Fsp3) is 0.417. The number of halogens is 1. The van der Waals surface area contributed by atoms with Crippen molar-refractivity contribution in [3.8, 4) is 5.19 Å².